The molecule has 0 saturated heterocycles. The van der Waals surface area contributed by atoms with Crippen molar-refractivity contribution < 1.29 is 0 Å². The Labute approximate surface area is 137 Å². The quantitative estimate of drug-likeness (QED) is 0.418. The maximum atomic E-state index is 7.38. The minimum Gasteiger partial charge on any atom is -0.384 e. The van der Waals surface area contributed by atoms with Crippen LogP contribution in [0.2, 0.25) is 0 Å². The summed E-state index contributed by atoms with van der Waals surface area (Å²) in [6.45, 7) is 0. The van der Waals surface area contributed by atoms with Crippen molar-refractivity contribution in [2.75, 3.05) is 0 Å². The molecule has 0 fully saturated rings. The van der Waals surface area contributed by atoms with Crippen molar-refractivity contribution in [2.45, 2.75) is 0 Å². The smallest absolute Gasteiger partial charge is 0.124 e. The Balaban J connectivity index is 1.94. The molecular formula is C16H14N8. The van der Waals surface area contributed by atoms with Gasteiger partial charge in [-0.1, -0.05) is 0 Å². The second-order valence-electron chi connectivity index (χ2n) is 4.98. The Kier molecular flexibility index (Phi) is 3.94. The summed E-state index contributed by atoms with van der Waals surface area (Å²) in [5.41, 5.74) is 14.3. The fraction of sp³-hybridized carbons (Fsp3) is 0. The Morgan fingerprint density at radius 1 is 0.667 bits per heavy atom. The number of nitrogens with zero attached hydrogens (tertiary/aromatic N) is 4. The molecule has 0 atom stereocenters. The van der Waals surface area contributed by atoms with Gasteiger partial charge in [-0.25, -0.2) is 4.98 Å². The van der Waals surface area contributed by atoms with E-state index in [-0.39, 0.29) is 11.7 Å². The summed E-state index contributed by atoms with van der Waals surface area (Å²) in [6.07, 6.45) is 6.24. The zero-order chi connectivity index (χ0) is 17.1. The molecule has 24 heavy (non-hydrogen) atoms. The Bertz CT molecular complexity index is 827. The van der Waals surface area contributed by atoms with E-state index in [1.807, 2.05) is 0 Å². The molecule has 0 unspecified atom stereocenters. The van der Waals surface area contributed by atoms with Crippen LogP contribution in [0.4, 0.5) is 0 Å². The largest absolute Gasteiger partial charge is 0.384 e. The number of nitrogens with one attached hydrogen (secondary N) is 2. The fourth-order valence-corrected chi connectivity index (χ4v) is 2.02. The highest BCUT2D eigenvalue weighted by molar-refractivity contribution is 5.95. The van der Waals surface area contributed by atoms with Crippen molar-refractivity contribution in [3.05, 3.63) is 60.2 Å². The third-order valence-electron chi connectivity index (χ3n) is 3.31. The Hall–Kier alpha value is -3.68. The van der Waals surface area contributed by atoms with Gasteiger partial charge in [-0.05, 0) is 24.3 Å². The van der Waals surface area contributed by atoms with Gasteiger partial charge in [0.05, 0.1) is 23.8 Å². The Morgan fingerprint density at radius 2 is 1.12 bits per heavy atom. The normalized spacial score (nSPS) is 10.3. The van der Waals surface area contributed by atoms with Crippen LogP contribution in [0, 0.1) is 10.8 Å². The van der Waals surface area contributed by atoms with Crippen molar-refractivity contribution in [1.82, 2.24) is 19.9 Å². The first-order valence-corrected chi connectivity index (χ1v) is 6.98. The average molecular weight is 318 g/mol. The zero-order valence-corrected chi connectivity index (χ0v) is 12.6. The highest BCUT2D eigenvalue weighted by Crippen LogP contribution is 2.19. The van der Waals surface area contributed by atoms with Crippen molar-refractivity contribution in [1.29, 1.82) is 10.8 Å². The first-order valence-electron chi connectivity index (χ1n) is 6.98. The van der Waals surface area contributed by atoms with Gasteiger partial charge in [0.25, 0.3) is 0 Å². The lowest BCUT2D eigenvalue weighted by Crippen LogP contribution is -2.11. The molecule has 0 aliphatic rings. The third kappa shape index (κ3) is 3.07. The van der Waals surface area contributed by atoms with E-state index >= 15 is 0 Å². The second-order valence-corrected chi connectivity index (χ2v) is 4.98. The molecule has 8 nitrogen and oxygen atoms in total. The van der Waals surface area contributed by atoms with Crippen LogP contribution in [-0.4, -0.2) is 31.6 Å². The van der Waals surface area contributed by atoms with Crippen LogP contribution in [-0.2, 0) is 0 Å². The van der Waals surface area contributed by atoms with E-state index in [9.17, 15) is 0 Å². The number of hydrogen-bond donors (Lipinski definition) is 4. The number of rotatable bonds is 4. The summed E-state index contributed by atoms with van der Waals surface area (Å²) in [5, 5.41) is 14.8. The zero-order valence-electron chi connectivity index (χ0n) is 12.6. The molecular weight excluding hydrogens is 304 g/mol. The summed E-state index contributed by atoms with van der Waals surface area (Å²) < 4.78 is 0. The predicted octanol–water partition coefficient (Wildman–Crippen LogP) is 1.17. The first kappa shape index (κ1) is 15.2. The molecule has 3 heterocycles. The maximum Gasteiger partial charge on any atom is 0.124 e. The van der Waals surface area contributed by atoms with Crippen LogP contribution < -0.4 is 11.5 Å². The lowest BCUT2D eigenvalue weighted by atomic mass is 10.2. The number of nitrogen functional groups attached to an aromatic ring is 2. The molecule has 0 bridgehead atoms. The van der Waals surface area contributed by atoms with Crippen LogP contribution in [0.5, 0.6) is 0 Å². The van der Waals surface area contributed by atoms with E-state index in [2.05, 4.69) is 19.9 Å². The van der Waals surface area contributed by atoms with Crippen LogP contribution >= 0.6 is 0 Å². The Morgan fingerprint density at radius 3 is 1.46 bits per heavy atom. The van der Waals surface area contributed by atoms with Crippen molar-refractivity contribution in [3.8, 4) is 22.8 Å². The van der Waals surface area contributed by atoms with Crippen LogP contribution in [0.15, 0.2) is 49.1 Å². The molecule has 6 N–H and O–H groups in total. The molecule has 3 aromatic heterocycles. The third-order valence-corrected chi connectivity index (χ3v) is 3.31. The molecule has 0 spiro atoms. The minimum absolute atomic E-state index is 0.0383. The summed E-state index contributed by atoms with van der Waals surface area (Å²) in [5.74, 6) is -0.0766. The van der Waals surface area contributed by atoms with Gasteiger partial charge >= 0.3 is 0 Å². The molecule has 0 aromatic carbocycles. The molecule has 8 heteroatoms. The molecule has 0 saturated carbocycles. The molecule has 3 rings (SSSR count). The molecule has 118 valence electrons. The van der Waals surface area contributed by atoms with Gasteiger partial charge in [-0.15, -0.1) is 0 Å². The van der Waals surface area contributed by atoms with E-state index < -0.39 is 0 Å². The summed E-state index contributed by atoms with van der Waals surface area (Å²) in [6, 6.07) is 6.88. The van der Waals surface area contributed by atoms with Gasteiger partial charge < -0.3 is 11.5 Å². The van der Waals surface area contributed by atoms with E-state index in [4.69, 9.17) is 22.3 Å². The summed E-state index contributed by atoms with van der Waals surface area (Å²) in [4.78, 5) is 17.2. The van der Waals surface area contributed by atoms with Crippen LogP contribution in [0.25, 0.3) is 22.8 Å². The summed E-state index contributed by atoms with van der Waals surface area (Å²) in [7, 11) is 0. The highest BCUT2D eigenvalue weighted by Gasteiger charge is 2.08. The standard InChI is InChI=1S/C16H14N8/c17-15(18)9-1-3-11(22-5-9)13-7-21-8-14(24-13)12-4-2-10(6-23-12)16(19)20/h1-8H,(H3,17,18)(H3,19,20). The van der Waals surface area contributed by atoms with Crippen molar-refractivity contribution >= 4 is 11.7 Å². The van der Waals surface area contributed by atoms with Gasteiger partial charge in [0.2, 0.25) is 0 Å². The number of aromatic nitrogens is 4. The topological polar surface area (TPSA) is 151 Å². The summed E-state index contributed by atoms with van der Waals surface area (Å²) >= 11 is 0. The average Bonchev–Trinajstić information content (AvgIpc) is 2.62. The van der Waals surface area contributed by atoms with Crippen molar-refractivity contribution in [2.24, 2.45) is 11.5 Å². The lowest BCUT2D eigenvalue weighted by Gasteiger charge is -2.05. The van der Waals surface area contributed by atoms with Gasteiger partial charge in [0.1, 0.15) is 23.1 Å². The number of amidine groups is 2. The highest BCUT2D eigenvalue weighted by atomic mass is 14.9. The number of hydrogen-bond acceptors (Lipinski definition) is 6. The van der Waals surface area contributed by atoms with Gasteiger partial charge in [0.15, 0.2) is 0 Å². The van der Waals surface area contributed by atoms with E-state index in [1.165, 1.54) is 12.4 Å². The molecule has 0 aliphatic heterocycles. The van der Waals surface area contributed by atoms with E-state index in [1.54, 1.807) is 36.7 Å². The number of pyridine rings is 2. The fourth-order valence-electron chi connectivity index (χ4n) is 2.02. The molecule has 0 aliphatic carbocycles. The monoisotopic (exact) mass is 318 g/mol. The maximum absolute atomic E-state index is 7.38. The lowest BCUT2D eigenvalue weighted by molar-refractivity contribution is 1.15. The minimum atomic E-state index is -0.0383. The molecule has 3 aromatic rings. The van der Waals surface area contributed by atoms with E-state index in [0.717, 1.165) is 0 Å². The van der Waals surface area contributed by atoms with E-state index in [0.29, 0.717) is 33.9 Å². The van der Waals surface area contributed by atoms with Crippen LogP contribution in [0.1, 0.15) is 11.1 Å². The predicted molar refractivity (Wildman–Crippen MR) is 90.5 cm³/mol. The van der Waals surface area contributed by atoms with Gasteiger partial charge in [-0.3, -0.25) is 25.8 Å². The molecule has 0 amide bonds. The first-order chi connectivity index (χ1) is 11.5. The van der Waals surface area contributed by atoms with Crippen LogP contribution in [0.3, 0.4) is 0 Å². The van der Waals surface area contributed by atoms with Crippen molar-refractivity contribution in [3.63, 3.8) is 0 Å². The van der Waals surface area contributed by atoms with Gasteiger partial charge in [-0.2, -0.15) is 0 Å². The molecule has 0 radical (unpaired) electrons. The second kappa shape index (κ2) is 6.21. The number of nitrogens with two attached hydrogens (primary N) is 2. The van der Waals surface area contributed by atoms with Gasteiger partial charge in [0, 0.05) is 23.5 Å². The SMILES string of the molecule is N=C(N)c1ccc(-c2cncc(-c3ccc(C(=N)N)cn3)n2)nc1.